The van der Waals surface area contributed by atoms with Crippen LogP contribution < -0.4 is 14.8 Å². The van der Waals surface area contributed by atoms with E-state index >= 15 is 0 Å². The van der Waals surface area contributed by atoms with Gasteiger partial charge in [0.25, 0.3) is 5.91 Å². The minimum atomic E-state index is -0.596. The van der Waals surface area contributed by atoms with Gasteiger partial charge < -0.3 is 14.8 Å². The zero-order valence-corrected chi connectivity index (χ0v) is 15.5. The molecule has 1 amide bonds. The van der Waals surface area contributed by atoms with Gasteiger partial charge in [-0.3, -0.25) is 4.79 Å². The van der Waals surface area contributed by atoms with Gasteiger partial charge in [-0.1, -0.05) is 48.9 Å². The Labute approximate surface area is 154 Å². The van der Waals surface area contributed by atoms with Crippen molar-refractivity contribution in [3.63, 3.8) is 0 Å². The van der Waals surface area contributed by atoms with Gasteiger partial charge in [0.2, 0.25) is 0 Å². The molecule has 1 N–H and O–H groups in total. The van der Waals surface area contributed by atoms with Crippen molar-refractivity contribution in [2.24, 2.45) is 0 Å². The molecular formula is C20H24ClNO3. The molecule has 2 aromatic carbocycles. The second-order valence-electron chi connectivity index (χ2n) is 5.93. The number of nitrogens with one attached hydrogen (secondary N) is 1. The van der Waals surface area contributed by atoms with Crippen LogP contribution in [0.25, 0.3) is 0 Å². The van der Waals surface area contributed by atoms with E-state index in [0.717, 1.165) is 11.3 Å². The summed E-state index contributed by atoms with van der Waals surface area (Å²) in [6.45, 7) is 6.18. The highest BCUT2D eigenvalue weighted by atomic mass is 35.5. The first kappa shape index (κ1) is 19.1. The third-order valence-electron chi connectivity index (χ3n) is 3.74. The Morgan fingerprint density at radius 1 is 1.12 bits per heavy atom. The van der Waals surface area contributed by atoms with E-state index in [4.69, 9.17) is 21.1 Å². The highest BCUT2D eigenvalue weighted by molar-refractivity contribution is 6.32. The van der Waals surface area contributed by atoms with Gasteiger partial charge in [0, 0.05) is 0 Å². The Bertz CT molecular complexity index is 705. The normalized spacial score (nSPS) is 13.0. The van der Waals surface area contributed by atoms with E-state index in [9.17, 15) is 4.79 Å². The zero-order chi connectivity index (χ0) is 18.2. The summed E-state index contributed by atoms with van der Waals surface area (Å²) in [6, 6.07) is 14.8. The van der Waals surface area contributed by atoms with Crippen LogP contribution in [0.15, 0.2) is 48.5 Å². The standard InChI is InChI=1S/C20H24ClNO3/c1-4-17(25-19-12-8-6-10-16(19)21)20(23)22-15(3)13-24-18-11-7-5-9-14(18)2/h5-12,15,17H,4,13H2,1-3H3,(H,22,23)/t15-,17-/m1/s1. The van der Waals surface area contributed by atoms with Gasteiger partial charge in [-0.25, -0.2) is 0 Å². The van der Waals surface area contributed by atoms with Crippen LogP contribution in [-0.2, 0) is 4.79 Å². The Morgan fingerprint density at radius 2 is 1.76 bits per heavy atom. The summed E-state index contributed by atoms with van der Waals surface area (Å²) in [6.07, 6.45) is -0.0524. The number of rotatable bonds is 8. The van der Waals surface area contributed by atoms with Crippen molar-refractivity contribution in [2.45, 2.75) is 39.3 Å². The SMILES string of the molecule is CC[C@@H](Oc1ccccc1Cl)C(=O)N[C@H](C)COc1ccccc1C. The lowest BCUT2D eigenvalue weighted by Gasteiger charge is -2.21. The lowest BCUT2D eigenvalue weighted by Crippen LogP contribution is -2.44. The number of halogens is 1. The third kappa shape index (κ3) is 5.68. The lowest BCUT2D eigenvalue weighted by molar-refractivity contribution is -0.128. The Hall–Kier alpha value is -2.20. The van der Waals surface area contributed by atoms with E-state index < -0.39 is 6.10 Å². The molecule has 134 valence electrons. The molecule has 4 nitrogen and oxygen atoms in total. The highest BCUT2D eigenvalue weighted by Crippen LogP contribution is 2.25. The van der Waals surface area contributed by atoms with Crippen molar-refractivity contribution in [1.82, 2.24) is 5.32 Å². The van der Waals surface area contributed by atoms with Crippen LogP contribution in [0.5, 0.6) is 11.5 Å². The third-order valence-corrected chi connectivity index (χ3v) is 4.05. The van der Waals surface area contributed by atoms with E-state index in [1.807, 2.05) is 57.2 Å². The van der Waals surface area contributed by atoms with Gasteiger partial charge in [0.05, 0.1) is 11.1 Å². The monoisotopic (exact) mass is 361 g/mol. The van der Waals surface area contributed by atoms with Gasteiger partial charge in [-0.15, -0.1) is 0 Å². The van der Waals surface area contributed by atoms with Crippen molar-refractivity contribution >= 4 is 17.5 Å². The number of para-hydroxylation sites is 2. The number of amides is 1. The van der Waals surface area contributed by atoms with E-state index in [-0.39, 0.29) is 11.9 Å². The summed E-state index contributed by atoms with van der Waals surface area (Å²) >= 11 is 6.09. The predicted octanol–water partition coefficient (Wildman–Crippen LogP) is 4.39. The topological polar surface area (TPSA) is 47.6 Å². The first-order valence-corrected chi connectivity index (χ1v) is 8.79. The first-order chi connectivity index (χ1) is 12.0. The van der Waals surface area contributed by atoms with Crippen LogP contribution in [0.1, 0.15) is 25.8 Å². The number of hydrogen-bond donors (Lipinski definition) is 1. The number of aryl methyl sites for hydroxylation is 1. The minimum absolute atomic E-state index is 0.143. The van der Waals surface area contributed by atoms with Crippen LogP contribution in [0.3, 0.4) is 0 Å². The molecule has 2 aromatic rings. The maximum absolute atomic E-state index is 12.4. The van der Waals surface area contributed by atoms with E-state index in [1.54, 1.807) is 12.1 Å². The van der Waals surface area contributed by atoms with Crippen LogP contribution in [0, 0.1) is 6.92 Å². The minimum Gasteiger partial charge on any atom is -0.491 e. The summed E-state index contributed by atoms with van der Waals surface area (Å²) in [5.74, 6) is 1.15. The fraction of sp³-hybridized carbons (Fsp3) is 0.350. The van der Waals surface area contributed by atoms with Crippen molar-refractivity contribution in [3.05, 3.63) is 59.1 Å². The molecule has 2 rings (SSSR count). The highest BCUT2D eigenvalue weighted by Gasteiger charge is 2.21. The Balaban J connectivity index is 1.88. The van der Waals surface area contributed by atoms with E-state index in [0.29, 0.717) is 23.8 Å². The van der Waals surface area contributed by atoms with Gasteiger partial charge >= 0.3 is 0 Å². The van der Waals surface area contributed by atoms with Crippen LogP contribution in [-0.4, -0.2) is 24.7 Å². The number of carbonyl (C=O) groups is 1. The molecule has 0 radical (unpaired) electrons. The van der Waals surface area contributed by atoms with Gasteiger partial charge in [-0.2, -0.15) is 0 Å². The van der Waals surface area contributed by atoms with E-state index in [2.05, 4.69) is 5.32 Å². The quantitative estimate of drug-likeness (QED) is 0.758. The molecule has 0 heterocycles. The molecule has 0 saturated carbocycles. The zero-order valence-electron chi connectivity index (χ0n) is 14.8. The van der Waals surface area contributed by atoms with Crippen LogP contribution in [0.2, 0.25) is 5.02 Å². The molecule has 0 unspecified atom stereocenters. The summed E-state index contributed by atoms with van der Waals surface area (Å²) < 4.78 is 11.5. The van der Waals surface area contributed by atoms with Crippen molar-refractivity contribution in [2.75, 3.05) is 6.61 Å². The second kappa shape index (κ2) is 9.33. The van der Waals surface area contributed by atoms with Gasteiger partial charge in [-0.05, 0) is 44.0 Å². The molecule has 5 heteroatoms. The average Bonchev–Trinajstić information content (AvgIpc) is 2.60. The molecule has 0 aliphatic rings. The Kier molecular flexibility index (Phi) is 7.14. The molecule has 0 spiro atoms. The van der Waals surface area contributed by atoms with Gasteiger partial charge in [0.1, 0.15) is 18.1 Å². The molecule has 0 fully saturated rings. The molecule has 2 atom stereocenters. The molecular weight excluding hydrogens is 338 g/mol. The van der Waals surface area contributed by atoms with Crippen molar-refractivity contribution in [3.8, 4) is 11.5 Å². The number of ether oxygens (including phenoxy) is 2. The number of carbonyl (C=O) groups excluding carboxylic acids is 1. The average molecular weight is 362 g/mol. The number of hydrogen-bond acceptors (Lipinski definition) is 3. The molecule has 25 heavy (non-hydrogen) atoms. The smallest absolute Gasteiger partial charge is 0.261 e. The second-order valence-corrected chi connectivity index (χ2v) is 6.34. The summed E-state index contributed by atoms with van der Waals surface area (Å²) in [5.41, 5.74) is 1.06. The maximum Gasteiger partial charge on any atom is 0.261 e. The van der Waals surface area contributed by atoms with Crippen LogP contribution in [0.4, 0.5) is 0 Å². The number of benzene rings is 2. The Morgan fingerprint density at radius 3 is 2.40 bits per heavy atom. The lowest BCUT2D eigenvalue weighted by atomic mass is 10.2. The van der Waals surface area contributed by atoms with Gasteiger partial charge in [0.15, 0.2) is 6.10 Å². The maximum atomic E-state index is 12.4. The molecule has 0 bridgehead atoms. The molecule has 0 aliphatic heterocycles. The van der Waals surface area contributed by atoms with Crippen molar-refractivity contribution < 1.29 is 14.3 Å². The predicted molar refractivity (Wildman–Crippen MR) is 100 cm³/mol. The van der Waals surface area contributed by atoms with Crippen molar-refractivity contribution in [1.29, 1.82) is 0 Å². The van der Waals surface area contributed by atoms with E-state index in [1.165, 1.54) is 0 Å². The first-order valence-electron chi connectivity index (χ1n) is 8.41. The fourth-order valence-corrected chi connectivity index (χ4v) is 2.51. The molecule has 0 aromatic heterocycles. The molecule has 0 aliphatic carbocycles. The fourth-order valence-electron chi connectivity index (χ4n) is 2.33. The summed E-state index contributed by atoms with van der Waals surface area (Å²) in [5, 5.41) is 3.42. The molecule has 0 saturated heterocycles. The largest absolute Gasteiger partial charge is 0.491 e. The van der Waals surface area contributed by atoms with Crippen LogP contribution >= 0.6 is 11.6 Å². The summed E-state index contributed by atoms with van der Waals surface area (Å²) in [7, 11) is 0. The summed E-state index contributed by atoms with van der Waals surface area (Å²) in [4.78, 5) is 12.4.